The molecule has 1 fully saturated rings. The summed E-state index contributed by atoms with van der Waals surface area (Å²) in [7, 11) is -6.85. The molecule has 1 amide bonds. The van der Waals surface area contributed by atoms with Crippen LogP contribution in [0.2, 0.25) is 0 Å². The zero-order valence-electron chi connectivity index (χ0n) is 24.3. The van der Waals surface area contributed by atoms with Gasteiger partial charge in [-0.05, 0) is 61.6 Å². The van der Waals surface area contributed by atoms with Crippen LogP contribution in [0.5, 0.6) is 17.4 Å². The van der Waals surface area contributed by atoms with E-state index in [9.17, 15) is 21.6 Å². The predicted octanol–water partition coefficient (Wildman–Crippen LogP) is 3.73. The maximum atomic E-state index is 12.2. The van der Waals surface area contributed by atoms with Gasteiger partial charge in [-0.3, -0.25) is 4.79 Å². The molecule has 2 N–H and O–H groups in total. The Morgan fingerprint density at radius 1 is 1.16 bits per heavy atom. The number of nitrogens with zero attached hydrogens (tertiary/aromatic N) is 2. The van der Waals surface area contributed by atoms with Gasteiger partial charge in [-0.1, -0.05) is 30.9 Å². The summed E-state index contributed by atoms with van der Waals surface area (Å²) >= 11 is 0. The Kier molecular flexibility index (Phi) is 10.3. The van der Waals surface area contributed by atoms with Crippen LogP contribution in [0.1, 0.15) is 49.3 Å². The summed E-state index contributed by atoms with van der Waals surface area (Å²) in [6.45, 7) is 6.27. The molecule has 11 nitrogen and oxygen atoms in total. The Labute approximate surface area is 253 Å². The molecule has 1 aromatic carbocycles. The number of allylic oxidation sites excluding steroid dienone is 3. The van der Waals surface area contributed by atoms with Crippen molar-refractivity contribution in [2.24, 2.45) is 5.84 Å². The molecule has 232 valence electrons. The first-order valence-corrected chi connectivity index (χ1v) is 17.6. The summed E-state index contributed by atoms with van der Waals surface area (Å²) in [6.07, 6.45) is 9.21. The highest BCUT2D eigenvalue weighted by Gasteiger charge is 2.36. The van der Waals surface area contributed by atoms with Gasteiger partial charge in [0.15, 0.2) is 0 Å². The lowest BCUT2D eigenvalue weighted by Gasteiger charge is -2.28. The molecule has 2 atom stereocenters. The van der Waals surface area contributed by atoms with Crippen molar-refractivity contribution in [3.63, 3.8) is 0 Å². The van der Waals surface area contributed by atoms with Crippen molar-refractivity contribution in [1.82, 2.24) is 9.40 Å². The third-order valence-corrected chi connectivity index (χ3v) is 9.73. The fourth-order valence-corrected chi connectivity index (χ4v) is 6.70. The number of aryl methyl sites for hydroxylation is 1. The Bertz CT molecular complexity index is 1620. The molecular formula is C30H37N3O8S2. The van der Waals surface area contributed by atoms with Crippen LogP contribution < -0.4 is 20.1 Å². The average Bonchev–Trinajstić information content (AvgIpc) is 3.02. The van der Waals surface area contributed by atoms with Crippen molar-refractivity contribution in [3.05, 3.63) is 83.8 Å². The molecule has 0 radical (unpaired) electrons. The molecule has 13 heteroatoms. The third-order valence-electron chi connectivity index (χ3n) is 7.07. The molecular weight excluding hydrogens is 594 g/mol. The van der Waals surface area contributed by atoms with Crippen molar-refractivity contribution in [2.45, 2.75) is 51.0 Å². The number of hydrogen-bond donors (Lipinski definition) is 1. The number of sulfone groups is 1. The van der Waals surface area contributed by atoms with Crippen LogP contribution in [0.3, 0.4) is 0 Å². The highest BCUT2D eigenvalue weighted by atomic mass is 32.2. The number of sulfonamides is 1. The van der Waals surface area contributed by atoms with Crippen LogP contribution in [0.15, 0.2) is 72.5 Å². The lowest BCUT2D eigenvalue weighted by atomic mass is 9.97. The number of carbonyl (C=O) groups excluding carboxylic acids is 1. The number of benzene rings is 1. The second-order valence-corrected chi connectivity index (χ2v) is 14.8. The lowest BCUT2D eigenvalue weighted by molar-refractivity contribution is -0.127. The average molecular weight is 632 g/mol. The molecule has 2 heterocycles. The first-order valence-electron chi connectivity index (χ1n) is 13.9. The second kappa shape index (κ2) is 13.7. The maximum Gasteiger partial charge on any atom is 0.251 e. The number of pyridine rings is 1. The standard InChI is InChI=1S/C30H37N3O8S2/c1-21-9-12-25(40-26-13-10-23(11-14-26)24-19-30(34)33(31)43(37,38)20-24)7-4-5-8-27(21)41-28-15-16-29(32-22(28)2)39-17-6-18-42(3,35)36/h4-5,8,10-11,13-16,24-25H,1,6-7,9,12,17-20,31H2,2-3H3/b5-4-,27-8+/t24?,25-/m0/s1. The minimum atomic E-state index is -3.82. The molecule has 0 bridgehead atoms. The van der Waals surface area contributed by atoms with Crippen molar-refractivity contribution in [3.8, 4) is 17.4 Å². The van der Waals surface area contributed by atoms with Gasteiger partial charge in [-0.2, -0.15) is 4.41 Å². The van der Waals surface area contributed by atoms with Crippen LogP contribution in [0, 0.1) is 6.92 Å². The van der Waals surface area contributed by atoms with Gasteiger partial charge in [0.1, 0.15) is 33.2 Å². The highest BCUT2D eigenvalue weighted by molar-refractivity contribution is 7.90. The van der Waals surface area contributed by atoms with Crippen molar-refractivity contribution < 1.29 is 35.8 Å². The summed E-state index contributed by atoms with van der Waals surface area (Å²) in [4.78, 5) is 16.4. The Balaban J connectivity index is 1.31. The third kappa shape index (κ3) is 9.15. The van der Waals surface area contributed by atoms with E-state index in [4.69, 9.17) is 20.1 Å². The topological polar surface area (TPSA) is 155 Å². The Hall–Kier alpha value is -3.68. The van der Waals surface area contributed by atoms with Gasteiger partial charge in [0, 0.05) is 31.1 Å². The van der Waals surface area contributed by atoms with E-state index in [1.165, 1.54) is 6.26 Å². The normalized spacial score (nSPS) is 22.9. The number of ether oxygens (including phenoxy) is 3. The van der Waals surface area contributed by atoms with E-state index in [0.717, 1.165) is 11.1 Å². The first-order chi connectivity index (χ1) is 20.3. The fraction of sp³-hybridized carbons (Fsp3) is 0.400. The number of carbonyl (C=O) groups is 1. The van der Waals surface area contributed by atoms with Crippen LogP contribution in [0.4, 0.5) is 0 Å². The number of aromatic nitrogens is 1. The van der Waals surface area contributed by atoms with E-state index in [1.54, 1.807) is 43.3 Å². The van der Waals surface area contributed by atoms with E-state index in [0.29, 0.717) is 58.9 Å². The monoisotopic (exact) mass is 631 g/mol. The van der Waals surface area contributed by atoms with E-state index in [2.05, 4.69) is 11.6 Å². The van der Waals surface area contributed by atoms with Gasteiger partial charge >= 0.3 is 0 Å². The molecule has 43 heavy (non-hydrogen) atoms. The molecule has 0 spiro atoms. The number of hydrazine groups is 1. The van der Waals surface area contributed by atoms with Crippen molar-refractivity contribution >= 4 is 25.8 Å². The van der Waals surface area contributed by atoms with Gasteiger partial charge in [0.2, 0.25) is 5.88 Å². The molecule has 1 unspecified atom stereocenters. The predicted molar refractivity (Wildman–Crippen MR) is 163 cm³/mol. The molecule has 1 aliphatic carbocycles. The molecule has 1 saturated heterocycles. The summed E-state index contributed by atoms with van der Waals surface area (Å²) in [5, 5.41) is 0. The van der Waals surface area contributed by atoms with Gasteiger partial charge in [-0.15, -0.1) is 0 Å². The molecule has 4 rings (SSSR count). The van der Waals surface area contributed by atoms with E-state index < -0.39 is 31.7 Å². The van der Waals surface area contributed by atoms with Gasteiger partial charge in [-0.25, -0.2) is 27.7 Å². The van der Waals surface area contributed by atoms with Crippen LogP contribution in [0.25, 0.3) is 0 Å². The number of nitrogens with two attached hydrogens (primary N) is 1. The number of hydrogen-bond acceptors (Lipinski definition) is 10. The van der Waals surface area contributed by atoms with E-state index in [-0.39, 0.29) is 30.6 Å². The van der Waals surface area contributed by atoms with Crippen molar-refractivity contribution in [2.75, 3.05) is 24.4 Å². The van der Waals surface area contributed by atoms with Gasteiger partial charge < -0.3 is 14.2 Å². The summed E-state index contributed by atoms with van der Waals surface area (Å²) < 4.78 is 65.2. The number of rotatable bonds is 10. The fourth-order valence-electron chi connectivity index (χ4n) is 4.70. The smallest absolute Gasteiger partial charge is 0.251 e. The Morgan fingerprint density at radius 3 is 2.58 bits per heavy atom. The first kappa shape index (κ1) is 32.2. The zero-order valence-corrected chi connectivity index (χ0v) is 25.9. The van der Waals surface area contributed by atoms with Gasteiger partial charge in [0.25, 0.3) is 15.9 Å². The lowest BCUT2D eigenvalue weighted by Crippen LogP contribution is -2.49. The summed E-state index contributed by atoms with van der Waals surface area (Å²) in [5.74, 6) is 6.35. The molecule has 2 aliphatic rings. The minimum Gasteiger partial charge on any atom is -0.490 e. The molecule has 2 aromatic rings. The van der Waals surface area contributed by atoms with Crippen LogP contribution >= 0.6 is 0 Å². The highest BCUT2D eigenvalue weighted by Crippen LogP contribution is 2.31. The minimum absolute atomic E-state index is 0.0314. The second-order valence-electron chi connectivity index (χ2n) is 10.7. The van der Waals surface area contributed by atoms with Gasteiger partial charge in [0.05, 0.1) is 23.8 Å². The largest absolute Gasteiger partial charge is 0.490 e. The summed E-state index contributed by atoms with van der Waals surface area (Å²) in [5.41, 5.74) is 2.16. The Morgan fingerprint density at radius 2 is 1.91 bits per heavy atom. The SMILES string of the molecule is C=C1CC[C@@H](Oc2ccc(C3CC(=O)N(N)S(=O)(=O)C3)cc2)C/C=C\C=C/1Oc1ccc(OCCCS(C)(=O)=O)nc1C. The molecule has 1 aliphatic heterocycles. The quantitative estimate of drug-likeness (QED) is 0.233. The van der Waals surface area contributed by atoms with Crippen molar-refractivity contribution in [1.29, 1.82) is 0 Å². The zero-order chi connectivity index (χ0) is 31.2. The number of amides is 1. The molecule has 0 saturated carbocycles. The summed E-state index contributed by atoms with van der Waals surface area (Å²) in [6, 6.07) is 10.6. The van der Waals surface area contributed by atoms with E-state index in [1.807, 2.05) is 18.2 Å². The maximum absolute atomic E-state index is 12.2. The molecule has 1 aromatic heterocycles. The van der Waals surface area contributed by atoms with Crippen LogP contribution in [-0.2, 0) is 24.7 Å². The van der Waals surface area contributed by atoms with E-state index >= 15 is 0 Å². The van der Waals surface area contributed by atoms with Crippen LogP contribution in [-0.4, -0.2) is 62.6 Å².